The Kier molecular flexibility index (Phi) is 9.75. The quantitative estimate of drug-likeness (QED) is 0.354. The van der Waals surface area contributed by atoms with Crippen LogP contribution in [0.25, 0.3) is 0 Å². The molecule has 0 saturated heterocycles. The van der Waals surface area contributed by atoms with Gasteiger partial charge in [0.05, 0.1) is 6.61 Å². The zero-order chi connectivity index (χ0) is 17.0. The Morgan fingerprint density at radius 3 is 2.61 bits per heavy atom. The van der Waals surface area contributed by atoms with E-state index >= 15 is 0 Å². The van der Waals surface area contributed by atoms with E-state index in [1.807, 2.05) is 35.8 Å². The number of nitrogens with one attached hydrogen (secondary N) is 1. The first-order valence-corrected chi connectivity index (χ1v) is 8.95. The molecule has 1 atom stereocenters. The Bertz CT molecular complexity index is 496. The summed E-state index contributed by atoms with van der Waals surface area (Å²) < 4.78 is 25.4. The monoisotopic (exact) mass is 344 g/mol. The summed E-state index contributed by atoms with van der Waals surface area (Å²) in [5, 5.41) is 0. The zero-order valence-corrected chi connectivity index (χ0v) is 14.1. The van der Waals surface area contributed by atoms with E-state index < -0.39 is 13.7 Å². The molecule has 1 amide bonds. The maximum atomic E-state index is 11.5. The van der Waals surface area contributed by atoms with Crippen LogP contribution >= 0.6 is 7.82 Å². The number of carbonyl (C=O) groups is 1. The Hall–Kier alpha value is -1.24. The number of rotatable bonds is 12. The first-order chi connectivity index (χ1) is 11.0. The summed E-state index contributed by atoms with van der Waals surface area (Å²) >= 11 is 0. The van der Waals surface area contributed by atoms with Gasteiger partial charge in [0.15, 0.2) is 0 Å². The minimum Gasteiger partial charge on any atom is -0.755 e. The maximum Gasteiger partial charge on any atom is 0.290 e. The fourth-order valence-electron chi connectivity index (χ4n) is 1.81. The van der Waals surface area contributed by atoms with Gasteiger partial charge in [0.25, 0.3) is 7.82 Å². The average molecular weight is 344 g/mol. The van der Waals surface area contributed by atoms with Crippen molar-refractivity contribution in [2.75, 3.05) is 20.3 Å². The van der Waals surface area contributed by atoms with Crippen LogP contribution in [-0.2, 0) is 29.7 Å². The van der Waals surface area contributed by atoms with Crippen molar-refractivity contribution < 1.29 is 28.1 Å². The van der Waals surface area contributed by atoms with Crippen molar-refractivity contribution in [2.24, 2.45) is 0 Å². The molecule has 7 nitrogen and oxygen atoms in total. The van der Waals surface area contributed by atoms with Crippen LogP contribution in [0.2, 0.25) is 0 Å². The van der Waals surface area contributed by atoms with E-state index in [0.29, 0.717) is 19.4 Å². The zero-order valence-electron chi connectivity index (χ0n) is 13.2. The molecule has 0 radical (unpaired) electrons. The van der Waals surface area contributed by atoms with Gasteiger partial charge in [-0.25, -0.2) is 10.1 Å². The third-order valence-corrected chi connectivity index (χ3v) is 3.82. The maximum absolute atomic E-state index is 11.5. The van der Waals surface area contributed by atoms with Crippen LogP contribution in [0.4, 0.5) is 0 Å². The van der Waals surface area contributed by atoms with Crippen LogP contribution in [0, 0.1) is 0 Å². The number of carbonyl (C=O) groups excluding carboxylic acids is 1. The topological polar surface area (TPSA) is 96.9 Å². The van der Waals surface area contributed by atoms with Crippen LogP contribution in [0.3, 0.4) is 0 Å². The number of phosphoric ester groups is 1. The number of unbranched alkanes of at least 4 members (excludes halogenated alkanes) is 2. The van der Waals surface area contributed by atoms with Gasteiger partial charge in [-0.3, -0.25) is 9.36 Å². The Balaban J connectivity index is 2.14. The van der Waals surface area contributed by atoms with Crippen LogP contribution in [0.15, 0.2) is 30.3 Å². The molecule has 0 bridgehead atoms. The van der Waals surface area contributed by atoms with E-state index in [1.54, 1.807) is 7.11 Å². The van der Waals surface area contributed by atoms with Crippen molar-refractivity contribution in [1.29, 1.82) is 0 Å². The summed E-state index contributed by atoms with van der Waals surface area (Å²) in [6.07, 6.45) is 2.94. The first kappa shape index (κ1) is 19.8. The van der Waals surface area contributed by atoms with Gasteiger partial charge in [0, 0.05) is 20.1 Å². The van der Waals surface area contributed by atoms with E-state index in [1.165, 1.54) is 0 Å². The standard InChI is InChI=1S/C15H24NO6P/c1-20-12-7-3-6-10-15(17)16-22-23(18,19)21-13-11-14-8-4-2-5-9-14/h2,4-5,8-9H,3,6-7,10-13H2,1H3,(H,16,17)(H,18,19)/p-1. The lowest BCUT2D eigenvalue weighted by atomic mass is 10.2. The highest BCUT2D eigenvalue weighted by atomic mass is 31.2. The molecule has 8 heteroatoms. The molecule has 130 valence electrons. The lowest BCUT2D eigenvalue weighted by molar-refractivity contribution is -0.231. The van der Waals surface area contributed by atoms with Gasteiger partial charge in [-0.1, -0.05) is 36.8 Å². The van der Waals surface area contributed by atoms with Gasteiger partial charge in [-0.2, -0.15) is 0 Å². The molecule has 1 rings (SSSR count). The molecule has 0 aromatic heterocycles. The molecule has 1 N–H and O–H groups in total. The van der Waals surface area contributed by atoms with Gasteiger partial charge in [0.1, 0.15) is 0 Å². The smallest absolute Gasteiger partial charge is 0.290 e. The van der Waals surface area contributed by atoms with Crippen molar-refractivity contribution in [3.05, 3.63) is 35.9 Å². The third-order valence-electron chi connectivity index (χ3n) is 3.01. The number of methoxy groups -OCH3 is 1. The van der Waals surface area contributed by atoms with E-state index in [-0.39, 0.29) is 13.0 Å². The number of amides is 1. The molecule has 0 spiro atoms. The van der Waals surface area contributed by atoms with Crippen molar-refractivity contribution in [3.63, 3.8) is 0 Å². The van der Waals surface area contributed by atoms with Crippen molar-refractivity contribution in [3.8, 4) is 0 Å². The van der Waals surface area contributed by atoms with Gasteiger partial charge >= 0.3 is 0 Å². The van der Waals surface area contributed by atoms with Crippen LogP contribution in [-0.4, -0.2) is 26.2 Å². The molecule has 0 heterocycles. The fourth-order valence-corrected chi connectivity index (χ4v) is 2.39. The number of phosphoric acid groups is 1. The predicted octanol–water partition coefficient (Wildman–Crippen LogP) is 1.97. The molecule has 0 aliphatic heterocycles. The van der Waals surface area contributed by atoms with Gasteiger partial charge in [-0.15, -0.1) is 0 Å². The van der Waals surface area contributed by atoms with Crippen molar-refractivity contribution >= 4 is 13.7 Å². The number of ether oxygens (including phenoxy) is 1. The Morgan fingerprint density at radius 2 is 1.91 bits per heavy atom. The lowest BCUT2D eigenvalue weighted by Gasteiger charge is -2.22. The summed E-state index contributed by atoms with van der Waals surface area (Å²) in [4.78, 5) is 22.9. The van der Waals surface area contributed by atoms with Crippen molar-refractivity contribution in [2.45, 2.75) is 32.1 Å². The summed E-state index contributed by atoms with van der Waals surface area (Å²) in [6.45, 7) is 0.598. The molecule has 23 heavy (non-hydrogen) atoms. The number of hydroxylamine groups is 1. The lowest BCUT2D eigenvalue weighted by Crippen LogP contribution is -2.25. The summed E-state index contributed by atoms with van der Waals surface area (Å²) in [5.74, 6) is -0.495. The minimum atomic E-state index is -4.54. The van der Waals surface area contributed by atoms with Crippen molar-refractivity contribution in [1.82, 2.24) is 5.48 Å². The molecule has 1 aromatic rings. The van der Waals surface area contributed by atoms with Gasteiger partial charge < -0.3 is 14.2 Å². The normalized spacial score (nSPS) is 13.5. The van der Waals surface area contributed by atoms with Crippen LogP contribution in [0.5, 0.6) is 0 Å². The van der Waals surface area contributed by atoms with E-state index in [2.05, 4.69) is 9.15 Å². The fraction of sp³-hybridized carbons (Fsp3) is 0.533. The number of hydrogen-bond acceptors (Lipinski definition) is 6. The second kappa shape index (κ2) is 11.3. The average Bonchev–Trinajstić information content (AvgIpc) is 2.54. The Labute approximate surface area is 136 Å². The molecule has 0 saturated carbocycles. The molecule has 1 unspecified atom stereocenters. The number of hydrogen-bond donors (Lipinski definition) is 1. The second-order valence-electron chi connectivity index (χ2n) is 4.94. The highest BCUT2D eigenvalue weighted by Crippen LogP contribution is 2.36. The van der Waals surface area contributed by atoms with E-state index in [9.17, 15) is 14.3 Å². The second-order valence-corrected chi connectivity index (χ2v) is 6.27. The van der Waals surface area contributed by atoms with E-state index in [0.717, 1.165) is 18.4 Å². The largest absolute Gasteiger partial charge is 0.755 e. The summed E-state index contributed by atoms with van der Waals surface area (Å²) in [7, 11) is -2.92. The molecular weight excluding hydrogens is 321 g/mol. The highest BCUT2D eigenvalue weighted by molar-refractivity contribution is 7.45. The van der Waals surface area contributed by atoms with Gasteiger partial charge in [0.2, 0.25) is 5.91 Å². The predicted molar refractivity (Wildman–Crippen MR) is 83.3 cm³/mol. The molecule has 0 aliphatic carbocycles. The third kappa shape index (κ3) is 10.2. The first-order valence-electron chi connectivity index (χ1n) is 7.49. The summed E-state index contributed by atoms with van der Waals surface area (Å²) in [5.41, 5.74) is 2.84. The molecular formula is C15H23NO6P-. The van der Waals surface area contributed by atoms with Gasteiger partial charge in [-0.05, 0) is 24.8 Å². The molecule has 0 fully saturated rings. The van der Waals surface area contributed by atoms with Crippen LogP contribution < -0.4 is 10.4 Å². The Morgan fingerprint density at radius 1 is 1.17 bits per heavy atom. The highest BCUT2D eigenvalue weighted by Gasteiger charge is 2.12. The molecule has 1 aromatic carbocycles. The van der Waals surface area contributed by atoms with E-state index in [4.69, 9.17) is 4.74 Å². The van der Waals surface area contributed by atoms with Crippen LogP contribution in [0.1, 0.15) is 31.2 Å². The molecule has 0 aliphatic rings. The minimum absolute atomic E-state index is 0.0440. The SMILES string of the molecule is COCCCCCC(=O)NOP(=O)([O-])OCCc1ccccc1. The summed E-state index contributed by atoms with van der Waals surface area (Å²) in [6, 6.07) is 9.32. The number of benzene rings is 1.